The number of imidazole rings is 1. The van der Waals surface area contributed by atoms with Gasteiger partial charge in [0.2, 0.25) is 0 Å². The highest BCUT2D eigenvalue weighted by Gasteiger charge is 2.06. The lowest BCUT2D eigenvalue weighted by Gasteiger charge is -2.07. The molecular weight excluding hydrogens is 303 g/mol. The molecule has 0 radical (unpaired) electrons. The molecule has 4 aromatic rings. The van der Waals surface area contributed by atoms with Gasteiger partial charge in [-0.3, -0.25) is 0 Å². The first-order valence-corrected chi connectivity index (χ1v) is 7.70. The van der Waals surface area contributed by atoms with Crippen LogP contribution in [-0.4, -0.2) is 9.97 Å². The molecule has 118 valence electrons. The van der Waals surface area contributed by atoms with Crippen LogP contribution in [0.2, 0.25) is 0 Å². The maximum absolute atomic E-state index is 13.2. The minimum Gasteiger partial charge on any atom is -0.489 e. The summed E-state index contributed by atoms with van der Waals surface area (Å²) in [5, 5.41) is 0. The maximum atomic E-state index is 13.2. The predicted molar refractivity (Wildman–Crippen MR) is 92.3 cm³/mol. The average Bonchev–Trinajstić information content (AvgIpc) is 3.05. The highest BCUT2D eigenvalue weighted by Crippen LogP contribution is 2.22. The van der Waals surface area contributed by atoms with Gasteiger partial charge in [0.15, 0.2) is 0 Å². The minimum atomic E-state index is -0.302. The number of H-pyrrole nitrogens is 1. The quantitative estimate of drug-likeness (QED) is 0.578. The lowest BCUT2D eigenvalue weighted by molar-refractivity contribution is 0.304. The number of aromatic nitrogens is 2. The number of hydrogen-bond acceptors (Lipinski definition) is 2. The molecule has 4 rings (SSSR count). The number of ether oxygens (including phenoxy) is 1. The predicted octanol–water partition coefficient (Wildman–Crippen LogP) is 4.95. The van der Waals surface area contributed by atoms with Gasteiger partial charge >= 0.3 is 0 Å². The molecule has 0 unspecified atom stereocenters. The summed E-state index contributed by atoms with van der Waals surface area (Å²) in [6, 6.07) is 22.1. The van der Waals surface area contributed by atoms with Gasteiger partial charge in [-0.15, -0.1) is 0 Å². The Morgan fingerprint density at radius 2 is 1.79 bits per heavy atom. The molecule has 1 heterocycles. The minimum absolute atomic E-state index is 0.302. The molecule has 0 aliphatic rings. The number of aromatic amines is 1. The smallest absolute Gasteiger partial charge is 0.138 e. The fourth-order valence-electron chi connectivity index (χ4n) is 2.62. The van der Waals surface area contributed by atoms with Crippen molar-refractivity contribution in [2.24, 2.45) is 0 Å². The van der Waals surface area contributed by atoms with Crippen molar-refractivity contribution in [3.05, 3.63) is 84.2 Å². The number of rotatable bonds is 4. The molecule has 0 bridgehead atoms. The first-order valence-electron chi connectivity index (χ1n) is 7.70. The number of hydrogen-bond donors (Lipinski definition) is 1. The normalized spacial score (nSPS) is 10.9. The summed E-state index contributed by atoms with van der Waals surface area (Å²) in [7, 11) is 0. The van der Waals surface area contributed by atoms with Gasteiger partial charge in [-0.05, 0) is 35.9 Å². The molecule has 0 saturated heterocycles. The summed E-state index contributed by atoms with van der Waals surface area (Å²) in [6.07, 6.45) is 0. The summed E-state index contributed by atoms with van der Waals surface area (Å²) < 4.78 is 18.8. The lowest BCUT2D eigenvalue weighted by atomic mass is 10.1. The SMILES string of the molecule is Fc1cccc(OCc2cccc(-c3nc4ccccc4[nH]3)c2)c1. The summed E-state index contributed by atoms with van der Waals surface area (Å²) >= 11 is 0. The summed E-state index contributed by atoms with van der Waals surface area (Å²) in [4.78, 5) is 7.93. The van der Waals surface area contributed by atoms with E-state index < -0.39 is 0 Å². The van der Waals surface area contributed by atoms with E-state index in [2.05, 4.69) is 9.97 Å². The number of para-hydroxylation sites is 2. The highest BCUT2D eigenvalue weighted by atomic mass is 19.1. The van der Waals surface area contributed by atoms with Gasteiger partial charge in [-0.2, -0.15) is 0 Å². The van der Waals surface area contributed by atoms with Gasteiger partial charge in [0.05, 0.1) is 11.0 Å². The summed E-state index contributed by atoms with van der Waals surface area (Å²) in [6.45, 7) is 0.373. The largest absolute Gasteiger partial charge is 0.489 e. The number of nitrogens with zero attached hydrogens (tertiary/aromatic N) is 1. The van der Waals surface area contributed by atoms with Crippen molar-refractivity contribution in [2.75, 3.05) is 0 Å². The van der Waals surface area contributed by atoms with Gasteiger partial charge < -0.3 is 9.72 Å². The summed E-state index contributed by atoms with van der Waals surface area (Å²) in [5.41, 5.74) is 3.94. The summed E-state index contributed by atoms with van der Waals surface area (Å²) in [5.74, 6) is 1.04. The van der Waals surface area contributed by atoms with Crippen LogP contribution in [0.25, 0.3) is 22.4 Å². The van der Waals surface area contributed by atoms with E-state index in [1.807, 2.05) is 48.5 Å². The Kier molecular flexibility index (Phi) is 3.71. The van der Waals surface area contributed by atoms with Gasteiger partial charge in [-0.25, -0.2) is 9.37 Å². The zero-order valence-corrected chi connectivity index (χ0v) is 12.9. The van der Waals surface area contributed by atoms with Crippen LogP contribution in [-0.2, 0) is 6.61 Å². The van der Waals surface area contributed by atoms with E-state index in [4.69, 9.17) is 4.74 Å². The number of halogens is 1. The second-order valence-corrected chi connectivity index (χ2v) is 5.55. The maximum Gasteiger partial charge on any atom is 0.138 e. The zero-order valence-electron chi connectivity index (χ0n) is 12.9. The number of fused-ring (bicyclic) bond motifs is 1. The molecule has 3 nitrogen and oxygen atoms in total. The Hall–Kier alpha value is -3.14. The highest BCUT2D eigenvalue weighted by molar-refractivity contribution is 5.79. The van der Waals surface area contributed by atoms with Gasteiger partial charge in [0.1, 0.15) is 24.0 Å². The van der Waals surface area contributed by atoms with Gasteiger partial charge in [0.25, 0.3) is 0 Å². The van der Waals surface area contributed by atoms with Crippen molar-refractivity contribution in [1.29, 1.82) is 0 Å². The van der Waals surface area contributed by atoms with Crippen LogP contribution < -0.4 is 4.74 Å². The molecule has 3 aromatic carbocycles. The monoisotopic (exact) mass is 318 g/mol. The average molecular weight is 318 g/mol. The van der Waals surface area contributed by atoms with Crippen LogP contribution in [0.1, 0.15) is 5.56 Å². The van der Waals surface area contributed by atoms with E-state index in [1.165, 1.54) is 12.1 Å². The molecule has 0 amide bonds. The van der Waals surface area contributed by atoms with E-state index in [0.717, 1.165) is 28.0 Å². The Morgan fingerprint density at radius 3 is 2.67 bits per heavy atom. The molecule has 0 saturated carbocycles. The Bertz CT molecular complexity index is 961. The van der Waals surface area contributed by atoms with Gasteiger partial charge in [0, 0.05) is 11.6 Å². The second-order valence-electron chi connectivity index (χ2n) is 5.55. The third-order valence-corrected chi connectivity index (χ3v) is 3.79. The van der Waals surface area contributed by atoms with E-state index in [0.29, 0.717) is 12.4 Å². The van der Waals surface area contributed by atoms with Crippen molar-refractivity contribution in [3.8, 4) is 17.1 Å². The van der Waals surface area contributed by atoms with Crippen molar-refractivity contribution in [1.82, 2.24) is 9.97 Å². The van der Waals surface area contributed by atoms with Crippen molar-refractivity contribution in [2.45, 2.75) is 6.61 Å². The van der Waals surface area contributed by atoms with Crippen molar-refractivity contribution in [3.63, 3.8) is 0 Å². The van der Waals surface area contributed by atoms with E-state index in [-0.39, 0.29) is 5.82 Å². The molecule has 0 atom stereocenters. The third-order valence-electron chi connectivity index (χ3n) is 3.79. The van der Waals surface area contributed by atoms with Crippen LogP contribution in [0.4, 0.5) is 4.39 Å². The third kappa shape index (κ3) is 2.99. The van der Waals surface area contributed by atoms with Crippen LogP contribution >= 0.6 is 0 Å². The van der Waals surface area contributed by atoms with Crippen LogP contribution in [0.3, 0.4) is 0 Å². The van der Waals surface area contributed by atoms with E-state index in [1.54, 1.807) is 12.1 Å². The molecule has 0 aliphatic heterocycles. The molecule has 0 spiro atoms. The lowest BCUT2D eigenvalue weighted by Crippen LogP contribution is -1.96. The van der Waals surface area contributed by atoms with E-state index in [9.17, 15) is 4.39 Å². The standard InChI is InChI=1S/C20H15FN2O/c21-16-7-4-8-17(12-16)24-13-14-5-3-6-15(11-14)20-22-18-9-1-2-10-19(18)23-20/h1-12H,13H2,(H,22,23). The zero-order chi connectivity index (χ0) is 16.4. The first kappa shape index (κ1) is 14.5. The Labute approximate surface area is 138 Å². The fourth-order valence-corrected chi connectivity index (χ4v) is 2.62. The number of nitrogens with one attached hydrogen (secondary N) is 1. The molecule has 0 aliphatic carbocycles. The van der Waals surface area contributed by atoms with Gasteiger partial charge in [-0.1, -0.05) is 36.4 Å². The van der Waals surface area contributed by atoms with Crippen LogP contribution in [0.5, 0.6) is 5.75 Å². The first-order chi connectivity index (χ1) is 11.8. The molecule has 1 N–H and O–H groups in total. The number of benzene rings is 3. The molecule has 0 fully saturated rings. The molecule has 1 aromatic heterocycles. The van der Waals surface area contributed by atoms with E-state index >= 15 is 0 Å². The molecule has 4 heteroatoms. The molecular formula is C20H15FN2O. The fraction of sp³-hybridized carbons (Fsp3) is 0.0500. The Balaban J connectivity index is 1.57. The Morgan fingerprint density at radius 1 is 0.917 bits per heavy atom. The van der Waals surface area contributed by atoms with Crippen molar-refractivity contribution < 1.29 is 9.13 Å². The van der Waals surface area contributed by atoms with Crippen LogP contribution in [0, 0.1) is 5.82 Å². The molecule has 24 heavy (non-hydrogen) atoms. The van der Waals surface area contributed by atoms with Crippen LogP contribution in [0.15, 0.2) is 72.8 Å². The van der Waals surface area contributed by atoms with Crippen molar-refractivity contribution >= 4 is 11.0 Å². The second kappa shape index (κ2) is 6.16. The topological polar surface area (TPSA) is 37.9 Å².